The second-order valence-corrected chi connectivity index (χ2v) is 3.50. The number of aryl methyl sites for hydroxylation is 1. The molecule has 12 heavy (non-hydrogen) atoms. The van der Waals surface area contributed by atoms with E-state index >= 15 is 0 Å². The monoisotopic (exact) mass is 162 g/mol. The Hall–Kier alpha value is -0.980. The van der Waals surface area contributed by atoms with Crippen LogP contribution in [0.2, 0.25) is 0 Å². The molecule has 1 aliphatic carbocycles. The first kappa shape index (κ1) is 7.66. The first-order valence-corrected chi connectivity index (χ1v) is 4.48. The Morgan fingerprint density at radius 2 is 2.25 bits per heavy atom. The summed E-state index contributed by atoms with van der Waals surface area (Å²) in [6, 6.07) is 6.42. The third kappa shape index (κ3) is 1.09. The maximum atomic E-state index is 5.17. The van der Waals surface area contributed by atoms with Crippen molar-refractivity contribution in [3.63, 3.8) is 0 Å². The van der Waals surface area contributed by atoms with Gasteiger partial charge in [-0.25, -0.2) is 0 Å². The number of methoxy groups -OCH3 is 1. The van der Waals surface area contributed by atoms with Gasteiger partial charge in [-0.15, -0.1) is 0 Å². The number of rotatable bonds is 1. The van der Waals surface area contributed by atoms with Gasteiger partial charge in [0.15, 0.2) is 0 Å². The van der Waals surface area contributed by atoms with Crippen molar-refractivity contribution in [2.45, 2.75) is 25.7 Å². The maximum Gasteiger partial charge on any atom is 0.119 e. The minimum absolute atomic E-state index is 0.742. The van der Waals surface area contributed by atoms with E-state index in [4.69, 9.17) is 4.74 Å². The highest BCUT2D eigenvalue weighted by molar-refractivity contribution is 5.40. The molecule has 0 radical (unpaired) electrons. The van der Waals surface area contributed by atoms with Crippen LogP contribution in [0.25, 0.3) is 0 Å². The van der Waals surface area contributed by atoms with Crippen LogP contribution in [0.15, 0.2) is 18.2 Å². The fraction of sp³-hybridized carbons (Fsp3) is 0.455. The summed E-state index contributed by atoms with van der Waals surface area (Å²) >= 11 is 0. The van der Waals surface area contributed by atoms with Gasteiger partial charge in [-0.3, -0.25) is 0 Å². The lowest BCUT2D eigenvalue weighted by Gasteiger charge is -2.05. The van der Waals surface area contributed by atoms with E-state index in [0.29, 0.717) is 0 Å². The average molecular weight is 162 g/mol. The molecule has 0 saturated carbocycles. The molecule has 1 aliphatic rings. The van der Waals surface area contributed by atoms with E-state index in [0.717, 1.165) is 11.7 Å². The normalized spacial score (nSPS) is 20.7. The first-order valence-electron chi connectivity index (χ1n) is 4.48. The number of hydrogen-bond donors (Lipinski definition) is 0. The molecule has 0 bridgehead atoms. The molecule has 0 fully saturated rings. The summed E-state index contributed by atoms with van der Waals surface area (Å²) in [4.78, 5) is 0. The van der Waals surface area contributed by atoms with E-state index < -0.39 is 0 Å². The molecular formula is C11H14O. The number of hydrogen-bond acceptors (Lipinski definition) is 1. The Morgan fingerprint density at radius 1 is 1.42 bits per heavy atom. The molecule has 0 amide bonds. The second-order valence-electron chi connectivity index (χ2n) is 3.50. The quantitative estimate of drug-likeness (QED) is 0.617. The average Bonchev–Trinajstić information content (AvgIpc) is 2.47. The number of fused-ring (bicyclic) bond motifs is 1. The Kier molecular flexibility index (Phi) is 1.80. The predicted octanol–water partition coefficient (Wildman–Crippen LogP) is 2.74. The van der Waals surface area contributed by atoms with Crippen molar-refractivity contribution in [3.05, 3.63) is 29.3 Å². The predicted molar refractivity (Wildman–Crippen MR) is 49.7 cm³/mol. The van der Waals surface area contributed by atoms with E-state index in [1.165, 1.54) is 24.0 Å². The minimum atomic E-state index is 0.742. The van der Waals surface area contributed by atoms with Gasteiger partial charge in [-0.1, -0.05) is 13.0 Å². The van der Waals surface area contributed by atoms with Crippen molar-refractivity contribution < 1.29 is 4.74 Å². The summed E-state index contributed by atoms with van der Waals surface area (Å²) in [5.41, 5.74) is 2.98. The zero-order valence-corrected chi connectivity index (χ0v) is 7.63. The summed E-state index contributed by atoms with van der Waals surface area (Å²) in [5.74, 6) is 1.73. The van der Waals surface area contributed by atoms with Gasteiger partial charge >= 0.3 is 0 Å². The molecule has 1 aromatic carbocycles. The highest BCUT2D eigenvalue weighted by atomic mass is 16.5. The minimum Gasteiger partial charge on any atom is -0.497 e. The van der Waals surface area contributed by atoms with E-state index in [1.54, 1.807) is 7.11 Å². The van der Waals surface area contributed by atoms with Crippen LogP contribution >= 0.6 is 0 Å². The molecular weight excluding hydrogens is 148 g/mol. The molecule has 1 unspecified atom stereocenters. The zero-order valence-electron chi connectivity index (χ0n) is 7.63. The van der Waals surface area contributed by atoms with Crippen LogP contribution in [-0.4, -0.2) is 7.11 Å². The van der Waals surface area contributed by atoms with Crippen molar-refractivity contribution in [2.75, 3.05) is 7.11 Å². The lowest BCUT2D eigenvalue weighted by molar-refractivity contribution is 0.414. The SMILES string of the molecule is COc1ccc2c(c1)CCC2C. The Labute approximate surface area is 73.4 Å². The molecule has 1 atom stereocenters. The van der Waals surface area contributed by atoms with Crippen LogP contribution in [0.5, 0.6) is 5.75 Å². The second kappa shape index (κ2) is 2.81. The summed E-state index contributed by atoms with van der Waals surface area (Å²) in [6.07, 6.45) is 2.51. The van der Waals surface area contributed by atoms with Gasteiger partial charge in [0.05, 0.1) is 7.11 Å². The molecule has 1 heteroatoms. The fourth-order valence-electron chi connectivity index (χ4n) is 1.93. The summed E-state index contributed by atoms with van der Waals surface area (Å²) < 4.78 is 5.17. The van der Waals surface area contributed by atoms with Crippen molar-refractivity contribution in [3.8, 4) is 5.75 Å². The van der Waals surface area contributed by atoms with Crippen molar-refractivity contribution in [1.82, 2.24) is 0 Å². The van der Waals surface area contributed by atoms with Crippen LogP contribution in [0.1, 0.15) is 30.4 Å². The van der Waals surface area contributed by atoms with E-state index in [9.17, 15) is 0 Å². The van der Waals surface area contributed by atoms with Gasteiger partial charge in [-0.05, 0) is 42.0 Å². The van der Waals surface area contributed by atoms with Crippen LogP contribution in [0, 0.1) is 0 Å². The Bertz CT molecular complexity index is 291. The third-order valence-electron chi connectivity index (χ3n) is 2.73. The Morgan fingerprint density at radius 3 is 3.00 bits per heavy atom. The highest BCUT2D eigenvalue weighted by Crippen LogP contribution is 2.34. The van der Waals surface area contributed by atoms with Crippen LogP contribution < -0.4 is 4.74 Å². The van der Waals surface area contributed by atoms with Crippen molar-refractivity contribution >= 4 is 0 Å². The van der Waals surface area contributed by atoms with E-state index in [2.05, 4.69) is 25.1 Å². The molecule has 0 spiro atoms. The number of ether oxygens (including phenoxy) is 1. The molecule has 1 nitrogen and oxygen atoms in total. The smallest absolute Gasteiger partial charge is 0.119 e. The summed E-state index contributed by atoms with van der Waals surface area (Å²) in [5, 5.41) is 0. The van der Waals surface area contributed by atoms with Gasteiger partial charge in [0.1, 0.15) is 5.75 Å². The third-order valence-corrected chi connectivity index (χ3v) is 2.73. The van der Waals surface area contributed by atoms with Crippen molar-refractivity contribution in [2.24, 2.45) is 0 Å². The van der Waals surface area contributed by atoms with E-state index in [1.807, 2.05) is 0 Å². The van der Waals surface area contributed by atoms with Crippen molar-refractivity contribution in [1.29, 1.82) is 0 Å². The van der Waals surface area contributed by atoms with Gasteiger partial charge in [0.25, 0.3) is 0 Å². The molecule has 0 heterocycles. The summed E-state index contributed by atoms with van der Waals surface area (Å²) in [7, 11) is 1.72. The lowest BCUT2D eigenvalue weighted by Crippen LogP contribution is -1.88. The largest absolute Gasteiger partial charge is 0.497 e. The molecule has 0 N–H and O–H groups in total. The standard InChI is InChI=1S/C11H14O/c1-8-3-4-9-7-10(12-2)5-6-11(8)9/h5-8H,3-4H2,1-2H3. The Balaban J connectivity index is 2.41. The maximum absolute atomic E-state index is 5.17. The van der Waals surface area contributed by atoms with Gasteiger partial charge < -0.3 is 4.74 Å². The molecule has 2 rings (SSSR count). The van der Waals surface area contributed by atoms with Crippen LogP contribution in [-0.2, 0) is 6.42 Å². The highest BCUT2D eigenvalue weighted by Gasteiger charge is 2.18. The van der Waals surface area contributed by atoms with Crippen LogP contribution in [0.4, 0.5) is 0 Å². The molecule has 64 valence electrons. The molecule has 1 aromatic rings. The fourth-order valence-corrected chi connectivity index (χ4v) is 1.93. The van der Waals surface area contributed by atoms with Gasteiger partial charge in [0, 0.05) is 0 Å². The van der Waals surface area contributed by atoms with Gasteiger partial charge in [-0.2, -0.15) is 0 Å². The number of benzene rings is 1. The zero-order chi connectivity index (χ0) is 8.55. The molecule has 0 saturated heterocycles. The van der Waals surface area contributed by atoms with E-state index in [-0.39, 0.29) is 0 Å². The molecule has 0 aromatic heterocycles. The van der Waals surface area contributed by atoms with Crippen LogP contribution in [0.3, 0.4) is 0 Å². The summed E-state index contributed by atoms with van der Waals surface area (Å²) in [6.45, 7) is 2.29. The topological polar surface area (TPSA) is 9.23 Å². The molecule has 0 aliphatic heterocycles. The first-order chi connectivity index (χ1) is 5.81. The lowest BCUT2D eigenvalue weighted by atomic mass is 10.0. The van der Waals surface area contributed by atoms with Gasteiger partial charge in [0.2, 0.25) is 0 Å².